The average Bonchev–Trinajstić information content (AvgIpc) is 2.11. The zero-order valence-corrected chi connectivity index (χ0v) is 6.98. The fraction of sp³-hybridized carbons (Fsp3) is 0.333. The molecule has 9 heteroatoms. The molecule has 0 fully saturated rings. The first-order chi connectivity index (χ1) is 6.77. The molecule has 0 saturated carbocycles. The number of carboxylic acid groups (broad SMARTS) is 3. The highest BCUT2D eigenvalue weighted by molar-refractivity contribution is 6.29. The fourth-order valence-corrected chi connectivity index (χ4v) is 0.545. The lowest BCUT2D eigenvalue weighted by atomic mass is 10.2. The molecule has 0 heterocycles. The molecule has 0 aromatic heterocycles. The number of rotatable bonds is 4. The van der Waals surface area contributed by atoms with E-state index in [9.17, 15) is 19.2 Å². The molecule has 0 rings (SSSR count). The smallest absolute Gasteiger partial charge is 0.418 e. The van der Waals surface area contributed by atoms with Crippen molar-refractivity contribution in [3.05, 3.63) is 0 Å². The van der Waals surface area contributed by atoms with Crippen LogP contribution in [-0.2, 0) is 23.9 Å². The van der Waals surface area contributed by atoms with E-state index < -0.39 is 36.1 Å². The zero-order chi connectivity index (χ0) is 12.2. The fourth-order valence-electron chi connectivity index (χ4n) is 0.545. The maximum Gasteiger partial charge on any atom is 0.418 e. The minimum absolute atomic E-state index is 1.96. The van der Waals surface area contributed by atoms with Gasteiger partial charge in [0.15, 0.2) is 6.10 Å². The highest BCUT2D eigenvalue weighted by atomic mass is 16.6. The van der Waals surface area contributed by atoms with Gasteiger partial charge in [0.25, 0.3) is 0 Å². The van der Waals surface area contributed by atoms with Crippen LogP contribution in [0.3, 0.4) is 0 Å². The van der Waals surface area contributed by atoms with Crippen molar-refractivity contribution in [1.29, 1.82) is 0 Å². The summed E-state index contributed by atoms with van der Waals surface area (Å²) in [6.45, 7) is 0. The van der Waals surface area contributed by atoms with E-state index in [1.165, 1.54) is 0 Å². The summed E-state index contributed by atoms with van der Waals surface area (Å²) in [4.78, 5) is 40.8. The monoisotopic (exact) mass is 222 g/mol. The van der Waals surface area contributed by atoms with Crippen LogP contribution in [0.15, 0.2) is 0 Å². The molecule has 0 bridgehead atoms. The minimum atomic E-state index is -2.54. The van der Waals surface area contributed by atoms with Gasteiger partial charge in [-0.05, 0) is 0 Å². The van der Waals surface area contributed by atoms with E-state index >= 15 is 0 Å². The second-order valence-electron chi connectivity index (χ2n) is 2.25. The highest BCUT2D eigenvalue weighted by Gasteiger charge is 2.37. The minimum Gasteiger partial charge on any atom is -0.479 e. The Kier molecular flexibility index (Phi) is 4.20. The Morgan fingerprint density at radius 1 is 0.933 bits per heavy atom. The highest BCUT2D eigenvalue weighted by Crippen LogP contribution is 2.01. The van der Waals surface area contributed by atoms with E-state index in [4.69, 9.17) is 20.4 Å². The first kappa shape index (κ1) is 12.8. The lowest BCUT2D eigenvalue weighted by Crippen LogP contribution is -2.44. The number of aliphatic hydroxyl groups excluding tert-OH is 1. The summed E-state index contributed by atoms with van der Waals surface area (Å²) < 4.78 is 3.73. The summed E-state index contributed by atoms with van der Waals surface area (Å²) in [6.07, 6.45) is -5.00. The Hall–Kier alpha value is -2.16. The predicted octanol–water partition coefficient (Wildman–Crippen LogP) is -2.49. The van der Waals surface area contributed by atoms with Crippen LogP contribution >= 0.6 is 0 Å². The van der Waals surface area contributed by atoms with Gasteiger partial charge in [0, 0.05) is 0 Å². The molecular weight excluding hydrogens is 216 g/mol. The van der Waals surface area contributed by atoms with Crippen molar-refractivity contribution in [1.82, 2.24) is 0 Å². The molecule has 2 unspecified atom stereocenters. The molecule has 0 spiro atoms. The molecule has 4 N–H and O–H groups in total. The van der Waals surface area contributed by atoms with Crippen molar-refractivity contribution in [2.45, 2.75) is 12.2 Å². The van der Waals surface area contributed by atoms with Crippen molar-refractivity contribution in [2.75, 3.05) is 0 Å². The molecule has 2 atom stereocenters. The van der Waals surface area contributed by atoms with Gasteiger partial charge in [-0.25, -0.2) is 19.2 Å². The number of aliphatic hydroxyl groups is 1. The van der Waals surface area contributed by atoms with E-state index in [1.54, 1.807) is 0 Å². The van der Waals surface area contributed by atoms with Gasteiger partial charge in [-0.1, -0.05) is 0 Å². The van der Waals surface area contributed by atoms with Crippen LogP contribution in [0.1, 0.15) is 0 Å². The molecule has 84 valence electrons. The standard InChI is InChI=1S/C6H6O9/c7-1(3(8)9)2(4(10)11)15-6(14)5(12)13/h1-2,7H,(H,8,9)(H,10,11)(H,12,13). The maximum atomic E-state index is 10.4. The molecule has 9 nitrogen and oxygen atoms in total. The van der Waals surface area contributed by atoms with Crippen molar-refractivity contribution in [2.24, 2.45) is 0 Å². The van der Waals surface area contributed by atoms with Crippen LogP contribution in [0.2, 0.25) is 0 Å². The molecule has 0 saturated heterocycles. The SMILES string of the molecule is O=C(O)C(=O)OC(C(=O)O)C(O)C(=O)O. The summed E-state index contributed by atoms with van der Waals surface area (Å²) in [5.74, 6) is -8.00. The van der Waals surface area contributed by atoms with Crippen LogP contribution in [0, 0.1) is 0 Å². The van der Waals surface area contributed by atoms with Crippen molar-refractivity contribution >= 4 is 23.9 Å². The van der Waals surface area contributed by atoms with Gasteiger partial charge >= 0.3 is 23.9 Å². The number of carbonyl (C=O) groups excluding carboxylic acids is 1. The van der Waals surface area contributed by atoms with Gasteiger partial charge < -0.3 is 25.2 Å². The molecule has 0 aliphatic carbocycles. The van der Waals surface area contributed by atoms with E-state index in [1.807, 2.05) is 0 Å². The zero-order valence-electron chi connectivity index (χ0n) is 6.98. The van der Waals surface area contributed by atoms with Gasteiger partial charge in [-0.15, -0.1) is 0 Å². The Balaban J connectivity index is 4.70. The number of hydrogen-bond donors (Lipinski definition) is 4. The predicted molar refractivity (Wildman–Crippen MR) is 38.8 cm³/mol. The van der Waals surface area contributed by atoms with Gasteiger partial charge in [0.1, 0.15) is 0 Å². The number of aliphatic carboxylic acids is 3. The van der Waals surface area contributed by atoms with Crippen molar-refractivity contribution in [3.63, 3.8) is 0 Å². The number of hydrogen-bond acceptors (Lipinski definition) is 6. The Bertz CT molecular complexity index is 306. The normalized spacial score (nSPS) is 13.7. The molecule has 0 radical (unpaired) electrons. The van der Waals surface area contributed by atoms with Crippen LogP contribution in [-0.4, -0.2) is 56.5 Å². The molecule has 0 amide bonds. The van der Waals surface area contributed by atoms with Gasteiger partial charge in [0.2, 0.25) is 6.10 Å². The third-order valence-corrected chi connectivity index (χ3v) is 1.19. The molecule has 0 aliphatic rings. The van der Waals surface area contributed by atoms with Crippen molar-refractivity contribution < 1.29 is 44.3 Å². The summed E-state index contributed by atoms with van der Waals surface area (Å²) in [5.41, 5.74) is 0. The number of ether oxygens (including phenoxy) is 1. The lowest BCUT2D eigenvalue weighted by Gasteiger charge is -2.14. The van der Waals surface area contributed by atoms with E-state index in [2.05, 4.69) is 4.74 Å². The third kappa shape index (κ3) is 3.60. The second-order valence-corrected chi connectivity index (χ2v) is 2.25. The van der Waals surface area contributed by atoms with Gasteiger partial charge in [-0.2, -0.15) is 0 Å². The van der Waals surface area contributed by atoms with Crippen LogP contribution in [0.4, 0.5) is 0 Å². The maximum absolute atomic E-state index is 10.4. The second kappa shape index (κ2) is 4.91. The largest absolute Gasteiger partial charge is 0.479 e. The Morgan fingerprint density at radius 2 is 1.40 bits per heavy atom. The molecular formula is C6H6O9. The Morgan fingerprint density at radius 3 is 1.67 bits per heavy atom. The van der Waals surface area contributed by atoms with Gasteiger partial charge in [-0.3, -0.25) is 0 Å². The summed E-state index contributed by atoms with van der Waals surface area (Å²) in [7, 11) is 0. The average molecular weight is 222 g/mol. The number of esters is 1. The number of carboxylic acids is 3. The Labute approximate surface area is 81.5 Å². The molecule has 0 aromatic rings. The van der Waals surface area contributed by atoms with Crippen LogP contribution in [0.25, 0.3) is 0 Å². The number of carbonyl (C=O) groups is 4. The van der Waals surface area contributed by atoms with Crippen molar-refractivity contribution in [3.8, 4) is 0 Å². The first-order valence-electron chi connectivity index (χ1n) is 3.35. The lowest BCUT2D eigenvalue weighted by molar-refractivity contribution is -0.183. The third-order valence-electron chi connectivity index (χ3n) is 1.19. The first-order valence-corrected chi connectivity index (χ1v) is 3.35. The molecule has 0 aliphatic heterocycles. The van der Waals surface area contributed by atoms with Crippen LogP contribution in [0.5, 0.6) is 0 Å². The summed E-state index contributed by atoms with van der Waals surface area (Å²) in [6, 6.07) is 0. The van der Waals surface area contributed by atoms with E-state index in [-0.39, 0.29) is 0 Å². The van der Waals surface area contributed by atoms with E-state index in [0.29, 0.717) is 0 Å². The topological polar surface area (TPSA) is 158 Å². The van der Waals surface area contributed by atoms with Gasteiger partial charge in [0.05, 0.1) is 0 Å². The molecule has 15 heavy (non-hydrogen) atoms. The molecule has 0 aromatic carbocycles. The summed E-state index contributed by atoms with van der Waals surface area (Å²) in [5, 5.41) is 33.3. The van der Waals surface area contributed by atoms with Crippen LogP contribution < -0.4 is 0 Å². The summed E-state index contributed by atoms with van der Waals surface area (Å²) >= 11 is 0. The van der Waals surface area contributed by atoms with E-state index in [0.717, 1.165) is 0 Å². The quantitative estimate of drug-likeness (QED) is 0.298.